The second kappa shape index (κ2) is 8.82. The number of ether oxygens (including phenoxy) is 2. The van der Waals surface area contributed by atoms with E-state index >= 15 is 0 Å². The zero-order chi connectivity index (χ0) is 22.8. The molecule has 0 unspecified atom stereocenters. The van der Waals surface area contributed by atoms with Gasteiger partial charge in [-0.3, -0.25) is 9.59 Å². The van der Waals surface area contributed by atoms with E-state index in [0.717, 1.165) is 31.9 Å². The molecule has 2 N–H and O–H groups in total. The number of carbonyl (C=O) groups is 2. The van der Waals surface area contributed by atoms with Gasteiger partial charge in [-0.25, -0.2) is 8.42 Å². The smallest absolute Gasteiger partial charge is 0.251 e. The molecule has 1 aliphatic heterocycles. The summed E-state index contributed by atoms with van der Waals surface area (Å²) >= 11 is 0. The van der Waals surface area contributed by atoms with E-state index in [-0.39, 0.29) is 12.2 Å². The van der Waals surface area contributed by atoms with Gasteiger partial charge in [-0.15, -0.1) is 0 Å². The number of nitrogens with one attached hydrogen (secondary N) is 2. The second-order valence-corrected chi connectivity index (χ2v) is 10.5. The Kier molecular flexibility index (Phi) is 6.10. The topological polar surface area (TPSA) is 111 Å². The van der Waals surface area contributed by atoms with Gasteiger partial charge in [0.05, 0.1) is 5.75 Å². The fraction of sp³-hybridized carbons (Fsp3) is 0.391. The van der Waals surface area contributed by atoms with Crippen molar-refractivity contribution in [3.8, 4) is 11.5 Å². The van der Waals surface area contributed by atoms with Crippen LogP contribution in [0, 0.1) is 0 Å². The Labute approximate surface area is 187 Å². The predicted octanol–water partition coefficient (Wildman–Crippen LogP) is 2.90. The molecule has 0 bridgehead atoms. The molecular weight excluding hydrogens is 432 g/mol. The van der Waals surface area contributed by atoms with Crippen molar-refractivity contribution < 1.29 is 27.5 Å². The highest BCUT2D eigenvalue weighted by Gasteiger charge is 2.44. The summed E-state index contributed by atoms with van der Waals surface area (Å²) in [4.78, 5) is 25.5. The van der Waals surface area contributed by atoms with Gasteiger partial charge in [-0.1, -0.05) is 18.2 Å². The average molecular weight is 459 g/mol. The zero-order valence-corrected chi connectivity index (χ0v) is 18.6. The third kappa shape index (κ3) is 5.21. The quantitative estimate of drug-likeness (QED) is 0.660. The lowest BCUT2D eigenvalue weighted by Gasteiger charge is -2.21. The maximum Gasteiger partial charge on any atom is 0.251 e. The molecular formula is C23H26N2O6S. The van der Waals surface area contributed by atoms with Crippen LogP contribution in [0.25, 0.3) is 0 Å². The molecule has 1 atom stereocenters. The van der Waals surface area contributed by atoms with Crippen molar-refractivity contribution in [1.29, 1.82) is 0 Å². The van der Waals surface area contributed by atoms with E-state index in [0.29, 0.717) is 22.7 Å². The molecule has 1 spiro atoms. The molecule has 1 fully saturated rings. The van der Waals surface area contributed by atoms with Gasteiger partial charge in [0.1, 0.15) is 15.9 Å². The molecule has 170 valence electrons. The van der Waals surface area contributed by atoms with Gasteiger partial charge in [0.25, 0.3) is 11.7 Å². The molecule has 2 aliphatic rings. The molecule has 2 aromatic carbocycles. The molecule has 1 heterocycles. The Morgan fingerprint density at radius 2 is 1.72 bits per heavy atom. The largest absolute Gasteiger partial charge is 0.448 e. The molecule has 9 heteroatoms. The standard InChI is InChI=1S/C23H26N2O6S/c1-32(28,29)14-11-18(25-21(26)16-7-3-2-4-8-16)22(27)24-17-9-10-19-20(15-17)31-23(30-19)12-5-6-13-23/h2-4,7-10,15,18H,5-6,11-14H2,1H3,(H,24,27)(H,25,26)/t18-/m1/s1. The molecule has 1 aliphatic carbocycles. The lowest BCUT2D eigenvalue weighted by molar-refractivity contribution is -0.118. The number of hydrogen-bond donors (Lipinski definition) is 2. The fourth-order valence-electron chi connectivity index (χ4n) is 3.95. The number of fused-ring (bicyclic) bond motifs is 1. The van der Waals surface area contributed by atoms with Crippen LogP contribution in [0.2, 0.25) is 0 Å². The van der Waals surface area contributed by atoms with Crippen molar-refractivity contribution in [2.24, 2.45) is 0 Å². The number of rotatable bonds is 7. The van der Waals surface area contributed by atoms with Crippen molar-refractivity contribution in [2.75, 3.05) is 17.3 Å². The van der Waals surface area contributed by atoms with E-state index in [4.69, 9.17) is 9.47 Å². The SMILES string of the molecule is CS(=O)(=O)CC[C@@H](NC(=O)c1ccccc1)C(=O)Nc1ccc2c(c1)OC1(CCCC1)O2. The Morgan fingerprint density at radius 1 is 1.03 bits per heavy atom. The Morgan fingerprint density at radius 3 is 2.41 bits per heavy atom. The first-order chi connectivity index (χ1) is 15.2. The van der Waals surface area contributed by atoms with Crippen LogP contribution in [0.3, 0.4) is 0 Å². The molecule has 32 heavy (non-hydrogen) atoms. The highest BCUT2D eigenvalue weighted by Crippen LogP contribution is 2.47. The zero-order valence-electron chi connectivity index (χ0n) is 17.8. The van der Waals surface area contributed by atoms with Crippen molar-refractivity contribution in [3.63, 3.8) is 0 Å². The maximum absolute atomic E-state index is 13.0. The Bertz CT molecular complexity index is 1110. The van der Waals surface area contributed by atoms with Crippen molar-refractivity contribution >= 4 is 27.3 Å². The summed E-state index contributed by atoms with van der Waals surface area (Å²) in [6.45, 7) is 0. The highest BCUT2D eigenvalue weighted by molar-refractivity contribution is 7.90. The molecule has 0 saturated heterocycles. The third-order valence-electron chi connectivity index (χ3n) is 5.60. The molecule has 2 amide bonds. The minimum Gasteiger partial charge on any atom is -0.448 e. The second-order valence-electron chi connectivity index (χ2n) is 8.28. The summed E-state index contributed by atoms with van der Waals surface area (Å²) in [7, 11) is -3.31. The van der Waals surface area contributed by atoms with Crippen molar-refractivity contribution in [1.82, 2.24) is 5.32 Å². The van der Waals surface area contributed by atoms with Gasteiger partial charge in [-0.05, 0) is 43.5 Å². The summed E-state index contributed by atoms with van der Waals surface area (Å²) < 4.78 is 35.3. The molecule has 1 saturated carbocycles. The van der Waals surface area contributed by atoms with Crippen LogP contribution in [0.15, 0.2) is 48.5 Å². The summed E-state index contributed by atoms with van der Waals surface area (Å²) in [5, 5.41) is 5.41. The summed E-state index contributed by atoms with van der Waals surface area (Å²) in [5.74, 6) is -0.599. The first-order valence-electron chi connectivity index (χ1n) is 10.6. The number of benzene rings is 2. The van der Waals surface area contributed by atoms with Crippen LogP contribution < -0.4 is 20.1 Å². The summed E-state index contributed by atoms with van der Waals surface area (Å²) in [5.41, 5.74) is 0.861. The monoisotopic (exact) mass is 458 g/mol. The van der Waals surface area contributed by atoms with Crippen LogP contribution in [0.1, 0.15) is 42.5 Å². The van der Waals surface area contributed by atoms with Gasteiger partial charge < -0.3 is 20.1 Å². The average Bonchev–Trinajstić information content (AvgIpc) is 3.36. The molecule has 0 aromatic heterocycles. The van der Waals surface area contributed by atoms with Crippen LogP contribution in [-0.2, 0) is 14.6 Å². The first kappa shape index (κ1) is 22.1. The number of anilines is 1. The minimum absolute atomic E-state index is 0.0447. The van der Waals surface area contributed by atoms with E-state index in [1.54, 1.807) is 48.5 Å². The first-order valence-corrected chi connectivity index (χ1v) is 12.7. The molecule has 0 radical (unpaired) electrons. The summed E-state index contributed by atoms with van der Waals surface area (Å²) in [6, 6.07) is 12.5. The number of sulfone groups is 1. The Balaban J connectivity index is 1.47. The maximum atomic E-state index is 13.0. The normalized spacial score (nSPS) is 17.2. The molecule has 8 nitrogen and oxygen atoms in total. The fourth-order valence-corrected chi connectivity index (χ4v) is 4.61. The predicted molar refractivity (Wildman–Crippen MR) is 120 cm³/mol. The van der Waals surface area contributed by atoms with E-state index in [2.05, 4.69) is 10.6 Å². The van der Waals surface area contributed by atoms with Gasteiger partial charge in [0, 0.05) is 36.4 Å². The number of amides is 2. The number of carbonyl (C=O) groups excluding carboxylic acids is 2. The third-order valence-corrected chi connectivity index (χ3v) is 6.58. The minimum atomic E-state index is -3.31. The highest BCUT2D eigenvalue weighted by atomic mass is 32.2. The van der Waals surface area contributed by atoms with Crippen LogP contribution >= 0.6 is 0 Å². The lowest BCUT2D eigenvalue weighted by atomic mass is 10.1. The molecule has 4 rings (SSSR count). The van der Waals surface area contributed by atoms with Gasteiger partial charge in [0.15, 0.2) is 11.5 Å². The van der Waals surface area contributed by atoms with Crippen LogP contribution in [0.4, 0.5) is 5.69 Å². The number of hydrogen-bond acceptors (Lipinski definition) is 6. The van der Waals surface area contributed by atoms with Gasteiger partial charge >= 0.3 is 0 Å². The van der Waals surface area contributed by atoms with Crippen molar-refractivity contribution in [2.45, 2.75) is 43.9 Å². The van der Waals surface area contributed by atoms with Gasteiger partial charge in [0.2, 0.25) is 5.91 Å². The van der Waals surface area contributed by atoms with Crippen LogP contribution in [0.5, 0.6) is 11.5 Å². The molecule has 2 aromatic rings. The lowest BCUT2D eigenvalue weighted by Crippen LogP contribution is -2.44. The van der Waals surface area contributed by atoms with E-state index < -0.39 is 33.5 Å². The van der Waals surface area contributed by atoms with E-state index in [9.17, 15) is 18.0 Å². The van der Waals surface area contributed by atoms with E-state index in [1.165, 1.54) is 0 Å². The van der Waals surface area contributed by atoms with Crippen molar-refractivity contribution in [3.05, 3.63) is 54.1 Å². The van der Waals surface area contributed by atoms with Crippen LogP contribution in [-0.4, -0.2) is 44.1 Å². The van der Waals surface area contributed by atoms with Gasteiger partial charge in [-0.2, -0.15) is 0 Å². The Hall–Kier alpha value is -3.07. The van der Waals surface area contributed by atoms with E-state index in [1.807, 2.05) is 0 Å². The summed E-state index contributed by atoms with van der Waals surface area (Å²) in [6.07, 6.45) is 4.78.